The van der Waals surface area contributed by atoms with Gasteiger partial charge in [-0.3, -0.25) is 4.98 Å². The minimum absolute atomic E-state index is 0.540. The number of nitrogen functional groups attached to an aromatic ring is 1. The molecule has 7 heteroatoms. The second-order valence-electron chi connectivity index (χ2n) is 4.43. The predicted octanol–water partition coefficient (Wildman–Crippen LogP) is 1.03. The van der Waals surface area contributed by atoms with E-state index in [9.17, 15) is 0 Å². The van der Waals surface area contributed by atoms with Gasteiger partial charge < -0.3 is 20.7 Å². The first kappa shape index (κ1) is 12.6. The molecule has 3 N–H and O–H groups in total. The number of hydrogen-bond acceptors (Lipinski definition) is 7. The van der Waals surface area contributed by atoms with Crippen LogP contribution in [0.1, 0.15) is 0 Å². The first-order valence-corrected chi connectivity index (χ1v) is 6.45. The normalized spacial score (nSPS) is 15.1. The highest BCUT2D eigenvalue weighted by molar-refractivity contribution is 5.78. The summed E-state index contributed by atoms with van der Waals surface area (Å²) in [6.07, 6.45) is 4.95. The summed E-state index contributed by atoms with van der Waals surface area (Å²) in [6, 6.07) is 3.76. The molecule has 7 nitrogen and oxygen atoms in total. The van der Waals surface area contributed by atoms with Crippen LogP contribution in [0, 0.1) is 0 Å². The summed E-state index contributed by atoms with van der Waals surface area (Å²) in [5, 5.41) is 3.16. The third kappa shape index (κ3) is 2.62. The standard InChI is InChI=1S/C13H16N6O/c14-11-12(18-10-2-1-3-15-8-10)16-9-17-13(11)19-4-6-20-7-5-19/h1-3,8-9H,4-7,14H2,(H,16,17,18). The molecular weight excluding hydrogens is 256 g/mol. The van der Waals surface area contributed by atoms with E-state index < -0.39 is 0 Å². The Morgan fingerprint density at radius 2 is 2.10 bits per heavy atom. The summed E-state index contributed by atoms with van der Waals surface area (Å²) < 4.78 is 5.34. The molecule has 0 atom stereocenters. The minimum Gasteiger partial charge on any atom is -0.393 e. The number of nitrogens with two attached hydrogens (primary N) is 1. The molecule has 0 unspecified atom stereocenters. The Balaban J connectivity index is 1.85. The van der Waals surface area contributed by atoms with Crippen LogP contribution in [-0.2, 0) is 4.74 Å². The Labute approximate surface area is 116 Å². The number of ether oxygens (including phenoxy) is 1. The molecule has 2 aromatic heterocycles. The number of morpholine rings is 1. The number of nitrogens with zero attached hydrogens (tertiary/aromatic N) is 4. The van der Waals surface area contributed by atoms with Crippen molar-refractivity contribution in [2.24, 2.45) is 0 Å². The van der Waals surface area contributed by atoms with Crippen molar-refractivity contribution in [3.05, 3.63) is 30.9 Å². The number of nitrogens with one attached hydrogen (secondary N) is 1. The third-order valence-electron chi connectivity index (χ3n) is 3.10. The van der Waals surface area contributed by atoms with Gasteiger partial charge in [-0.25, -0.2) is 9.97 Å². The van der Waals surface area contributed by atoms with Crippen molar-refractivity contribution in [2.45, 2.75) is 0 Å². The van der Waals surface area contributed by atoms with E-state index in [1.807, 2.05) is 12.1 Å². The molecule has 1 saturated heterocycles. The summed E-state index contributed by atoms with van der Waals surface area (Å²) in [5.41, 5.74) is 7.55. The van der Waals surface area contributed by atoms with Crippen molar-refractivity contribution in [2.75, 3.05) is 42.3 Å². The van der Waals surface area contributed by atoms with E-state index in [1.54, 1.807) is 12.4 Å². The van der Waals surface area contributed by atoms with Crippen LogP contribution in [0.5, 0.6) is 0 Å². The van der Waals surface area contributed by atoms with Crippen molar-refractivity contribution < 1.29 is 4.74 Å². The van der Waals surface area contributed by atoms with E-state index in [-0.39, 0.29) is 0 Å². The first-order chi connectivity index (χ1) is 9.84. The summed E-state index contributed by atoms with van der Waals surface area (Å²) in [5.74, 6) is 1.34. The second kappa shape index (κ2) is 5.70. The lowest BCUT2D eigenvalue weighted by Crippen LogP contribution is -2.37. The molecule has 1 aliphatic rings. The average Bonchev–Trinajstić information content (AvgIpc) is 2.51. The highest BCUT2D eigenvalue weighted by atomic mass is 16.5. The monoisotopic (exact) mass is 272 g/mol. The Morgan fingerprint density at radius 1 is 1.25 bits per heavy atom. The van der Waals surface area contributed by atoms with Gasteiger partial charge in [-0.2, -0.15) is 0 Å². The molecule has 0 radical (unpaired) electrons. The van der Waals surface area contributed by atoms with E-state index >= 15 is 0 Å². The van der Waals surface area contributed by atoms with Crippen molar-refractivity contribution >= 4 is 23.0 Å². The quantitative estimate of drug-likeness (QED) is 0.862. The van der Waals surface area contributed by atoms with E-state index in [1.165, 1.54) is 6.33 Å². The molecule has 1 aliphatic heterocycles. The van der Waals surface area contributed by atoms with Gasteiger partial charge in [0.15, 0.2) is 11.6 Å². The van der Waals surface area contributed by atoms with Gasteiger partial charge in [0.1, 0.15) is 12.0 Å². The fourth-order valence-corrected chi connectivity index (χ4v) is 2.09. The van der Waals surface area contributed by atoms with Crippen molar-refractivity contribution in [1.29, 1.82) is 0 Å². The van der Waals surface area contributed by atoms with Gasteiger partial charge in [-0.15, -0.1) is 0 Å². The van der Waals surface area contributed by atoms with E-state index in [0.717, 1.165) is 24.6 Å². The van der Waals surface area contributed by atoms with Gasteiger partial charge in [0, 0.05) is 19.3 Å². The van der Waals surface area contributed by atoms with Crippen LogP contribution < -0.4 is 16.0 Å². The minimum atomic E-state index is 0.540. The molecule has 1 fully saturated rings. The largest absolute Gasteiger partial charge is 0.393 e. The lowest BCUT2D eigenvalue weighted by Gasteiger charge is -2.28. The van der Waals surface area contributed by atoms with Gasteiger partial charge in [0.25, 0.3) is 0 Å². The molecule has 0 spiro atoms. The smallest absolute Gasteiger partial charge is 0.159 e. The number of pyridine rings is 1. The van der Waals surface area contributed by atoms with Crippen LogP contribution >= 0.6 is 0 Å². The fraction of sp³-hybridized carbons (Fsp3) is 0.308. The Hall–Kier alpha value is -2.41. The topological polar surface area (TPSA) is 89.2 Å². The second-order valence-corrected chi connectivity index (χ2v) is 4.43. The lowest BCUT2D eigenvalue weighted by molar-refractivity contribution is 0.122. The van der Waals surface area contributed by atoms with Crippen molar-refractivity contribution in [3.8, 4) is 0 Å². The molecule has 0 saturated carbocycles. The van der Waals surface area contributed by atoms with E-state index in [0.29, 0.717) is 24.7 Å². The van der Waals surface area contributed by atoms with Crippen LogP contribution in [0.25, 0.3) is 0 Å². The van der Waals surface area contributed by atoms with Gasteiger partial charge in [-0.05, 0) is 12.1 Å². The number of aromatic nitrogens is 3. The third-order valence-corrected chi connectivity index (χ3v) is 3.10. The lowest BCUT2D eigenvalue weighted by atomic mass is 10.3. The molecule has 2 aromatic rings. The van der Waals surface area contributed by atoms with Crippen LogP contribution in [0.15, 0.2) is 30.9 Å². The molecule has 3 heterocycles. The Bertz CT molecular complexity index is 570. The maximum absolute atomic E-state index is 6.17. The molecule has 0 amide bonds. The van der Waals surface area contributed by atoms with Crippen LogP contribution in [0.4, 0.5) is 23.0 Å². The zero-order valence-corrected chi connectivity index (χ0v) is 11.0. The maximum Gasteiger partial charge on any atom is 0.159 e. The summed E-state index contributed by atoms with van der Waals surface area (Å²) in [6.45, 7) is 2.95. The van der Waals surface area contributed by atoms with E-state index in [2.05, 4.69) is 25.2 Å². The van der Waals surface area contributed by atoms with E-state index in [4.69, 9.17) is 10.5 Å². The van der Waals surface area contributed by atoms with Crippen LogP contribution in [0.3, 0.4) is 0 Å². The fourth-order valence-electron chi connectivity index (χ4n) is 2.09. The van der Waals surface area contributed by atoms with Crippen molar-refractivity contribution in [1.82, 2.24) is 15.0 Å². The SMILES string of the molecule is Nc1c(Nc2cccnc2)ncnc1N1CCOCC1. The molecule has 20 heavy (non-hydrogen) atoms. The summed E-state index contributed by atoms with van der Waals surface area (Å²) in [4.78, 5) is 14.6. The predicted molar refractivity (Wildman–Crippen MR) is 77.0 cm³/mol. The summed E-state index contributed by atoms with van der Waals surface area (Å²) in [7, 11) is 0. The number of anilines is 4. The molecule has 3 rings (SSSR count). The maximum atomic E-state index is 6.17. The molecule has 0 aliphatic carbocycles. The number of rotatable bonds is 3. The van der Waals surface area contributed by atoms with Gasteiger partial charge >= 0.3 is 0 Å². The van der Waals surface area contributed by atoms with Crippen molar-refractivity contribution in [3.63, 3.8) is 0 Å². The van der Waals surface area contributed by atoms with Crippen LogP contribution in [0.2, 0.25) is 0 Å². The highest BCUT2D eigenvalue weighted by Gasteiger charge is 2.17. The Kier molecular flexibility index (Phi) is 3.60. The molecule has 0 aromatic carbocycles. The Morgan fingerprint density at radius 3 is 2.85 bits per heavy atom. The zero-order valence-electron chi connectivity index (χ0n) is 11.0. The molecule has 0 bridgehead atoms. The average molecular weight is 272 g/mol. The summed E-state index contributed by atoms with van der Waals surface area (Å²) >= 11 is 0. The van der Waals surface area contributed by atoms with Gasteiger partial charge in [-0.1, -0.05) is 0 Å². The molecule has 104 valence electrons. The zero-order chi connectivity index (χ0) is 13.8. The number of hydrogen-bond donors (Lipinski definition) is 2. The first-order valence-electron chi connectivity index (χ1n) is 6.45. The van der Waals surface area contributed by atoms with Gasteiger partial charge in [0.05, 0.1) is 25.1 Å². The highest BCUT2D eigenvalue weighted by Crippen LogP contribution is 2.28. The molecular formula is C13H16N6O. The van der Waals surface area contributed by atoms with Crippen LogP contribution in [-0.4, -0.2) is 41.3 Å². The van der Waals surface area contributed by atoms with Gasteiger partial charge in [0.2, 0.25) is 0 Å².